The minimum atomic E-state index is -0.358. The molecule has 0 bridgehead atoms. The largest absolute Gasteiger partial charge is 0.319 e. The molecule has 2 N–H and O–H groups in total. The van der Waals surface area contributed by atoms with Crippen LogP contribution in [-0.2, 0) is 6.42 Å². The highest BCUT2D eigenvalue weighted by Crippen LogP contribution is 2.16. The Kier molecular flexibility index (Phi) is 5.94. The molecule has 28 heavy (non-hydrogen) atoms. The van der Waals surface area contributed by atoms with E-state index in [1.54, 1.807) is 24.3 Å². The number of hydrazine groups is 1. The molecule has 2 aromatic carbocycles. The van der Waals surface area contributed by atoms with Crippen molar-refractivity contribution in [1.29, 1.82) is 0 Å². The lowest BCUT2D eigenvalue weighted by Crippen LogP contribution is -2.41. The van der Waals surface area contributed by atoms with Crippen molar-refractivity contribution >= 4 is 11.8 Å². The van der Waals surface area contributed by atoms with E-state index in [1.165, 1.54) is 5.56 Å². The molecule has 2 amide bonds. The summed E-state index contributed by atoms with van der Waals surface area (Å²) in [6, 6.07) is 18.8. The van der Waals surface area contributed by atoms with Crippen molar-refractivity contribution in [2.75, 3.05) is 0 Å². The number of hydrogen-bond acceptors (Lipinski definition) is 2. The number of nitrogens with one attached hydrogen (secondary N) is 2. The Balaban J connectivity index is 1.61. The molecule has 0 aliphatic carbocycles. The van der Waals surface area contributed by atoms with Crippen LogP contribution in [0.2, 0.25) is 0 Å². The lowest BCUT2D eigenvalue weighted by atomic mass is 10.1. The normalized spacial score (nSPS) is 10.5. The van der Waals surface area contributed by atoms with E-state index in [0.29, 0.717) is 11.1 Å². The zero-order chi connectivity index (χ0) is 20.1. The van der Waals surface area contributed by atoms with Gasteiger partial charge in [0.2, 0.25) is 0 Å². The van der Waals surface area contributed by atoms with Crippen molar-refractivity contribution < 1.29 is 9.59 Å². The number of benzene rings is 2. The standard InChI is InChI=1S/C23H25N3O2/c1-4-5-18-8-10-19(11-9-18)22(27)24-25-23(28)20-12-14-21(15-13-20)26-16(2)6-7-17(26)3/h6-15H,4-5H2,1-3H3,(H,24,27)(H,25,28). The van der Waals surface area contributed by atoms with Gasteiger partial charge in [-0.25, -0.2) is 0 Å². The smallest absolute Gasteiger partial charge is 0.269 e. The molecule has 0 spiro atoms. The highest BCUT2D eigenvalue weighted by molar-refractivity contribution is 5.99. The summed E-state index contributed by atoms with van der Waals surface area (Å²) in [5.41, 5.74) is 10.4. The minimum absolute atomic E-state index is 0.341. The molecule has 0 atom stereocenters. The topological polar surface area (TPSA) is 63.1 Å². The zero-order valence-corrected chi connectivity index (χ0v) is 16.5. The Morgan fingerprint density at radius 1 is 0.750 bits per heavy atom. The van der Waals surface area contributed by atoms with Crippen LogP contribution in [0.1, 0.15) is 51.0 Å². The minimum Gasteiger partial charge on any atom is -0.319 e. The fraction of sp³-hybridized carbons (Fsp3) is 0.217. The number of hydrogen-bond donors (Lipinski definition) is 2. The first-order valence-electron chi connectivity index (χ1n) is 9.44. The zero-order valence-electron chi connectivity index (χ0n) is 16.5. The Hall–Kier alpha value is -3.34. The second-order valence-corrected chi connectivity index (χ2v) is 6.85. The number of nitrogens with zero attached hydrogens (tertiary/aromatic N) is 1. The van der Waals surface area contributed by atoms with Crippen molar-refractivity contribution in [3.05, 3.63) is 88.7 Å². The molecule has 0 fully saturated rings. The second kappa shape index (κ2) is 8.57. The third kappa shape index (κ3) is 4.31. The van der Waals surface area contributed by atoms with E-state index in [4.69, 9.17) is 0 Å². The first-order valence-corrected chi connectivity index (χ1v) is 9.44. The van der Waals surface area contributed by atoms with Crippen LogP contribution >= 0.6 is 0 Å². The van der Waals surface area contributed by atoms with Gasteiger partial charge in [-0.3, -0.25) is 20.4 Å². The van der Waals surface area contributed by atoms with E-state index in [0.717, 1.165) is 29.9 Å². The van der Waals surface area contributed by atoms with E-state index in [-0.39, 0.29) is 11.8 Å². The van der Waals surface area contributed by atoms with Crippen LogP contribution in [0, 0.1) is 13.8 Å². The average Bonchev–Trinajstić information content (AvgIpc) is 3.05. The summed E-state index contributed by atoms with van der Waals surface area (Å²) >= 11 is 0. The molecule has 0 saturated carbocycles. The Morgan fingerprint density at radius 3 is 1.68 bits per heavy atom. The highest BCUT2D eigenvalue weighted by Gasteiger charge is 2.10. The predicted octanol–water partition coefficient (Wildman–Crippen LogP) is 4.12. The molecule has 0 saturated heterocycles. The van der Waals surface area contributed by atoms with Gasteiger partial charge in [0.05, 0.1) is 0 Å². The number of amides is 2. The van der Waals surface area contributed by atoms with Crippen molar-refractivity contribution in [1.82, 2.24) is 15.4 Å². The van der Waals surface area contributed by atoms with Crippen LogP contribution in [0.5, 0.6) is 0 Å². The molecular formula is C23H25N3O2. The van der Waals surface area contributed by atoms with Crippen molar-refractivity contribution in [3.63, 3.8) is 0 Å². The number of aromatic nitrogens is 1. The van der Waals surface area contributed by atoms with Gasteiger partial charge in [0.1, 0.15) is 0 Å². The van der Waals surface area contributed by atoms with E-state index < -0.39 is 0 Å². The van der Waals surface area contributed by atoms with Gasteiger partial charge in [0.25, 0.3) is 11.8 Å². The molecule has 0 aliphatic heterocycles. The summed E-state index contributed by atoms with van der Waals surface area (Å²) in [7, 11) is 0. The van der Waals surface area contributed by atoms with Gasteiger partial charge < -0.3 is 4.57 Å². The molecular weight excluding hydrogens is 350 g/mol. The second-order valence-electron chi connectivity index (χ2n) is 6.85. The van der Waals surface area contributed by atoms with Crippen molar-refractivity contribution in [2.24, 2.45) is 0 Å². The van der Waals surface area contributed by atoms with Crippen LogP contribution < -0.4 is 10.9 Å². The fourth-order valence-corrected chi connectivity index (χ4v) is 3.21. The van der Waals surface area contributed by atoms with Crippen LogP contribution in [-0.4, -0.2) is 16.4 Å². The maximum absolute atomic E-state index is 12.3. The molecule has 1 aromatic heterocycles. The summed E-state index contributed by atoms with van der Waals surface area (Å²) in [5, 5.41) is 0. The van der Waals surface area contributed by atoms with Crippen molar-refractivity contribution in [2.45, 2.75) is 33.6 Å². The van der Waals surface area contributed by atoms with E-state index in [9.17, 15) is 9.59 Å². The molecule has 3 aromatic rings. The Morgan fingerprint density at radius 2 is 1.21 bits per heavy atom. The number of aryl methyl sites for hydroxylation is 3. The quantitative estimate of drug-likeness (QED) is 0.659. The molecule has 144 valence electrons. The lowest BCUT2D eigenvalue weighted by Gasteiger charge is -2.11. The average molecular weight is 375 g/mol. The molecule has 0 aliphatic rings. The molecule has 3 rings (SSSR count). The molecule has 5 nitrogen and oxygen atoms in total. The Labute approximate surface area is 165 Å². The Bertz CT molecular complexity index is 951. The van der Waals surface area contributed by atoms with Crippen LogP contribution in [0.25, 0.3) is 5.69 Å². The molecule has 5 heteroatoms. The van der Waals surface area contributed by atoms with Gasteiger partial charge in [-0.05, 0) is 74.4 Å². The van der Waals surface area contributed by atoms with Gasteiger partial charge in [0, 0.05) is 28.2 Å². The number of rotatable bonds is 5. The maximum atomic E-state index is 12.3. The number of carbonyl (C=O) groups is 2. The lowest BCUT2D eigenvalue weighted by molar-refractivity contribution is 0.0846. The number of carbonyl (C=O) groups excluding carboxylic acids is 2. The summed E-state index contributed by atoms with van der Waals surface area (Å²) < 4.78 is 2.12. The van der Waals surface area contributed by atoms with E-state index >= 15 is 0 Å². The van der Waals surface area contributed by atoms with Gasteiger partial charge in [-0.1, -0.05) is 25.5 Å². The summed E-state index contributed by atoms with van der Waals surface area (Å²) in [6.45, 7) is 6.19. The highest BCUT2D eigenvalue weighted by atomic mass is 16.2. The summed E-state index contributed by atoms with van der Waals surface area (Å²) in [4.78, 5) is 24.5. The predicted molar refractivity (Wildman–Crippen MR) is 111 cm³/mol. The first-order chi connectivity index (χ1) is 13.5. The van der Waals surface area contributed by atoms with Gasteiger partial charge >= 0.3 is 0 Å². The van der Waals surface area contributed by atoms with Crippen molar-refractivity contribution in [3.8, 4) is 5.69 Å². The monoisotopic (exact) mass is 375 g/mol. The van der Waals surface area contributed by atoms with Gasteiger partial charge in [0.15, 0.2) is 0 Å². The summed E-state index contributed by atoms with van der Waals surface area (Å²) in [6.07, 6.45) is 2.04. The molecule has 0 radical (unpaired) electrons. The molecule has 1 heterocycles. The SMILES string of the molecule is CCCc1ccc(C(=O)NNC(=O)c2ccc(-n3c(C)ccc3C)cc2)cc1. The first kappa shape index (κ1) is 19.4. The van der Waals surface area contributed by atoms with Gasteiger partial charge in [-0.15, -0.1) is 0 Å². The van der Waals surface area contributed by atoms with E-state index in [2.05, 4.69) is 34.5 Å². The van der Waals surface area contributed by atoms with Crippen LogP contribution in [0.3, 0.4) is 0 Å². The van der Waals surface area contributed by atoms with E-state index in [1.807, 2.05) is 38.1 Å². The maximum Gasteiger partial charge on any atom is 0.269 e. The molecule has 0 unspecified atom stereocenters. The van der Waals surface area contributed by atoms with Gasteiger partial charge in [-0.2, -0.15) is 0 Å². The van der Waals surface area contributed by atoms with Crippen LogP contribution in [0.4, 0.5) is 0 Å². The summed E-state index contributed by atoms with van der Waals surface area (Å²) in [5.74, 6) is -0.699. The van der Waals surface area contributed by atoms with Crippen LogP contribution in [0.15, 0.2) is 60.7 Å². The fourth-order valence-electron chi connectivity index (χ4n) is 3.21. The third-order valence-corrected chi connectivity index (χ3v) is 4.70. The third-order valence-electron chi connectivity index (χ3n) is 4.70.